The molecule has 4 nitrogen and oxygen atoms in total. The van der Waals surface area contributed by atoms with E-state index in [-0.39, 0.29) is 5.75 Å². The molecule has 5 heteroatoms. The highest BCUT2D eigenvalue weighted by Crippen LogP contribution is 2.28. The normalized spacial score (nSPS) is 23.5. The minimum atomic E-state index is 0.239. The van der Waals surface area contributed by atoms with Crippen molar-refractivity contribution in [3.05, 3.63) is 28.8 Å². The van der Waals surface area contributed by atoms with Gasteiger partial charge in [-0.1, -0.05) is 17.7 Å². The highest BCUT2D eigenvalue weighted by Gasteiger charge is 2.29. The SMILES string of the molecule is C[C@@H](C1CCN(Cc2ccc(O)cc2Cl)CC1)N1CCN(C)CC1. The number of aromatic hydroxyl groups is 1. The average molecular weight is 352 g/mol. The summed E-state index contributed by atoms with van der Waals surface area (Å²) in [5.74, 6) is 1.04. The summed E-state index contributed by atoms with van der Waals surface area (Å²) in [6, 6.07) is 6.00. The van der Waals surface area contributed by atoms with E-state index in [4.69, 9.17) is 11.6 Å². The molecule has 24 heavy (non-hydrogen) atoms. The zero-order valence-electron chi connectivity index (χ0n) is 14.9. The fourth-order valence-corrected chi connectivity index (χ4v) is 4.26. The van der Waals surface area contributed by atoms with Crippen LogP contribution >= 0.6 is 11.6 Å². The Bertz CT molecular complexity index is 537. The van der Waals surface area contributed by atoms with Crippen LogP contribution in [0.5, 0.6) is 5.75 Å². The third-order valence-electron chi connectivity index (χ3n) is 5.86. The van der Waals surface area contributed by atoms with Crippen LogP contribution in [0.3, 0.4) is 0 Å². The molecule has 1 atom stereocenters. The molecule has 0 amide bonds. The van der Waals surface area contributed by atoms with Gasteiger partial charge < -0.3 is 10.0 Å². The summed E-state index contributed by atoms with van der Waals surface area (Å²) in [5.41, 5.74) is 1.11. The summed E-state index contributed by atoms with van der Waals surface area (Å²) >= 11 is 6.24. The van der Waals surface area contributed by atoms with Crippen molar-refractivity contribution in [3.63, 3.8) is 0 Å². The molecule has 0 bridgehead atoms. The van der Waals surface area contributed by atoms with E-state index in [1.165, 1.54) is 39.0 Å². The molecule has 2 heterocycles. The van der Waals surface area contributed by atoms with Crippen molar-refractivity contribution in [2.24, 2.45) is 5.92 Å². The molecule has 0 spiro atoms. The molecule has 0 aliphatic carbocycles. The predicted molar refractivity (Wildman–Crippen MR) is 99.6 cm³/mol. The van der Waals surface area contributed by atoms with Crippen LogP contribution in [0, 0.1) is 5.92 Å². The van der Waals surface area contributed by atoms with Gasteiger partial charge in [-0.3, -0.25) is 9.80 Å². The Morgan fingerprint density at radius 1 is 1.12 bits per heavy atom. The first kappa shape index (κ1) is 18.0. The maximum Gasteiger partial charge on any atom is 0.117 e. The second-order valence-corrected chi connectivity index (χ2v) is 7.88. The van der Waals surface area contributed by atoms with Crippen LogP contribution in [-0.4, -0.2) is 72.2 Å². The number of likely N-dealkylation sites (tertiary alicyclic amines) is 1. The molecule has 0 saturated carbocycles. The highest BCUT2D eigenvalue weighted by molar-refractivity contribution is 6.31. The lowest BCUT2D eigenvalue weighted by Crippen LogP contribution is -2.51. The maximum atomic E-state index is 9.47. The smallest absolute Gasteiger partial charge is 0.117 e. The minimum absolute atomic E-state index is 0.239. The van der Waals surface area contributed by atoms with Gasteiger partial charge >= 0.3 is 0 Å². The number of phenolic OH excluding ortho intramolecular Hbond substituents is 1. The number of piperazine rings is 1. The molecule has 2 aliphatic rings. The average Bonchev–Trinajstić information content (AvgIpc) is 2.58. The molecular formula is C19H30ClN3O. The zero-order valence-corrected chi connectivity index (χ0v) is 15.7. The van der Waals surface area contributed by atoms with E-state index in [0.29, 0.717) is 11.1 Å². The van der Waals surface area contributed by atoms with E-state index >= 15 is 0 Å². The van der Waals surface area contributed by atoms with Crippen LogP contribution < -0.4 is 0 Å². The van der Waals surface area contributed by atoms with Crippen LogP contribution in [0.2, 0.25) is 5.02 Å². The van der Waals surface area contributed by atoms with Crippen molar-refractivity contribution in [3.8, 4) is 5.75 Å². The molecule has 1 aromatic rings. The van der Waals surface area contributed by atoms with Crippen LogP contribution in [0.4, 0.5) is 0 Å². The molecule has 0 radical (unpaired) electrons. The van der Waals surface area contributed by atoms with E-state index in [1.54, 1.807) is 12.1 Å². The fourth-order valence-electron chi connectivity index (χ4n) is 4.03. The van der Waals surface area contributed by atoms with Crippen molar-refractivity contribution < 1.29 is 5.11 Å². The van der Waals surface area contributed by atoms with Crippen molar-refractivity contribution >= 4 is 11.6 Å². The van der Waals surface area contributed by atoms with Gasteiger partial charge in [-0.15, -0.1) is 0 Å². The van der Waals surface area contributed by atoms with Crippen LogP contribution in [0.25, 0.3) is 0 Å². The van der Waals surface area contributed by atoms with Gasteiger partial charge in [-0.05, 0) is 63.5 Å². The number of nitrogens with zero attached hydrogens (tertiary/aromatic N) is 3. The van der Waals surface area contributed by atoms with E-state index in [0.717, 1.165) is 31.1 Å². The first-order valence-corrected chi connectivity index (χ1v) is 9.53. The Hall–Kier alpha value is -0.810. The predicted octanol–water partition coefficient (Wildman–Crippen LogP) is 2.89. The summed E-state index contributed by atoms with van der Waals surface area (Å²) in [6.07, 6.45) is 2.53. The lowest BCUT2D eigenvalue weighted by atomic mass is 9.89. The van der Waals surface area contributed by atoms with E-state index < -0.39 is 0 Å². The Labute approximate surface area is 151 Å². The molecule has 2 saturated heterocycles. The fraction of sp³-hybridized carbons (Fsp3) is 0.684. The number of halogens is 1. The molecule has 0 unspecified atom stereocenters. The van der Waals surface area contributed by atoms with Gasteiger partial charge in [-0.2, -0.15) is 0 Å². The van der Waals surface area contributed by atoms with Gasteiger partial charge in [0.1, 0.15) is 5.75 Å². The van der Waals surface area contributed by atoms with Crippen LogP contribution in [0.15, 0.2) is 18.2 Å². The summed E-state index contributed by atoms with van der Waals surface area (Å²) in [5, 5.41) is 10.1. The highest BCUT2D eigenvalue weighted by atomic mass is 35.5. The number of phenols is 1. The molecule has 2 aliphatic heterocycles. The molecule has 134 valence electrons. The quantitative estimate of drug-likeness (QED) is 0.903. The van der Waals surface area contributed by atoms with Gasteiger partial charge in [-0.25, -0.2) is 0 Å². The Balaban J connectivity index is 1.48. The Morgan fingerprint density at radius 3 is 2.42 bits per heavy atom. The lowest BCUT2D eigenvalue weighted by Gasteiger charge is -2.42. The summed E-state index contributed by atoms with van der Waals surface area (Å²) < 4.78 is 0. The first-order chi connectivity index (χ1) is 11.5. The lowest BCUT2D eigenvalue weighted by molar-refractivity contribution is 0.0598. The number of hydrogen-bond donors (Lipinski definition) is 1. The van der Waals surface area contributed by atoms with E-state index in [1.807, 2.05) is 6.07 Å². The number of benzene rings is 1. The van der Waals surface area contributed by atoms with Crippen molar-refractivity contribution in [1.82, 2.24) is 14.7 Å². The third-order valence-corrected chi connectivity index (χ3v) is 6.21. The summed E-state index contributed by atoms with van der Waals surface area (Å²) in [7, 11) is 2.22. The van der Waals surface area contributed by atoms with Crippen molar-refractivity contribution in [1.29, 1.82) is 0 Å². The van der Waals surface area contributed by atoms with E-state index in [2.05, 4.69) is 28.7 Å². The topological polar surface area (TPSA) is 30.0 Å². The van der Waals surface area contributed by atoms with Gasteiger partial charge in [0.05, 0.1) is 0 Å². The standard InChI is InChI=1S/C19H30ClN3O/c1-15(23-11-9-21(2)10-12-23)16-5-7-22(8-6-16)14-17-3-4-18(24)13-19(17)20/h3-4,13,15-16,24H,5-12,14H2,1-2H3/t15-/m0/s1. The number of piperidine rings is 1. The molecule has 0 aromatic heterocycles. The third kappa shape index (κ3) is 4.42. The van der Waals surface area contributed by atoms with Crippen LogP contribution in [-0.2, 0) is 6.54 Å². The largest absolute Gasteiger partial charge is 0.508 e. The zero-order chi connectivity index (χ0) is 17.1. The summed E-state index contributed by atoms with van der Waals surface area (Å²) in [6.45, 7) is 10.4. The van der Waals surface area contributed by atoms with Gasteiger partial charge in [0.15, 0.2) is 0 Å². The number of likely N-dealkylation sites (N-methyl/N-ethyl adjacent to an activating group) is 1. The maximum absolute atomic E-state index is 9.47. The Morgan fingerprint density at radius 2 is 1.79 bits per heavy atom. The minimum Gasteiger partial charge on any atom is -0.508 e. The van der Waals surface area contributed by atoms with Gasteiger partial charge in [0, 0.05) is 43.8 Å². The second-order valence-electron chi connectivity index (χ2n) is 7.47. The second kappa shape index (κ2) is 8.05. The van der Waals surface area contributed by atoms with Crippen molar-refractivity contribution in [2.45, 2.75) is 32.4 Å². The molecule has 2 fully saturated rings. The van der Waals surface area contributed by atoms with Crippen molar-refractivity contribution in [2.75, 3.05) is 46.3 Å². The van der Waals surface area contributed by atoms with E-state index in [9.17, 15) is 5.11 Å². The summed E-state index contributed by atoms with van der Waals surface area (Å²) in [4.78, 5) is 7.59. The molecule has 3 rings (SSSR count). The van der Waals surface area contributed by atoms with Gasteiger partial charge in [0.25, 0.3) is 0 Å². The molecule has 1 aromatic carbocycles. The van der Waals surface area contributed by atoms with Crippen LogP contribution in [0.1, 0.15) is 25.3 Å². The molecule has 1 N–H and O–H groups in total. The number of hydrogen-bond acceptors (Lipinski definition) is 4. The first-order valence-electron chi connectivity index (χ1n) is 9.15. The number of rotatable bonds is 4. The Kier molecular flexibility index (Phi) is 6.03. The van der Waals surface area contributed by atoms with Gasteiger partial charge in [0.2, 0.25) is 0 Å². The monoisotopic (exact) mass is 351 g/mol. The molecular weight excluding hydrogens is 322 g/mol.